The maximum atomic E-state index is 12.6. The van der Waals surface area contributed by atoms with Gasteiger partial charge in [-0.3, -0.25) is 9.59 Å². The second-order valence-corrected chi connectivity index (χ2v) is 9.68. The summed E-state index contributed by atoms with van der Waals surface area (Å²) >= 11 is 2.12. The smallest absolute Gasteiger partial charge is 0.211 e. The number of hydrogen-bond donors (Lipinski definition) is 0. The van der Waals surface area contributed by atoms with Crippen LogP contribution in [0.25, 0.3) is 0 Å². The molecular formula is C23H34INO3. The van der Waals surface area contributed by atoms with E-state index in [1.54, 1.807) is 6.92 Å². The first kappa shape index (κ1) is 24.8. The Morgan fingerprint density at radius 3 is 2.25 bits per heavy atom. The van der Waals surface area contributed by atoms with Gasteiger partial charge >= 0.3 is 0 Å². The minimum Gasteiger partial charge on any atom is -0.478 e. The van der Waals surface area contributed by atoms with Crippen molar-refractivity contribution in [3.05, 3.63) is 29.8 Å². The second-order valence-electron chi connectivity index (χ2n) is 8.18. The molecule has 0 aromatic heterocycles. The topological polar surface area (TPSA) is 55.7 Å². The quantitative estimate of drug-likeness (QED) is 0.0817. The van der Waals surface area contributed by atoms with Crippen LogP contribution >= 0.6 is 22.6 Å². The summed E-state index contributed by atoms with van der Waals surface area (Å²) in [4.78, 5) is 29.3. The molecule has 0 bridgehead atoms. The summed E-state index contributed by atoms with van der Waals surface area (Å²) in [6.07, 6.45) is 8.00. The maximum Gasteiger partial charge on any atom is 0.211 e. The molecule has 28 heavy (non-hydrogen) atoms. The van der Waals surface area contributed by atoms with E-state index in [1.807, 2.05) is 45.0 Å². The molecule has 2 atom stereocenters. The van der Waals surface area contributed by atoms with Crippen molar-refractivity contribution < 1.29 is 14.3 Å². The zero-order chi connectivity index (χ0) is 21.2. The average molecular weight is 499 g/mol. The van der Waals surface area contributed by atoms with Crippen molar-refractivity contribution >= 4 is 46.2 Å². The van der Waals surface area contributed by atoms with Crippen LogP contribution in [0.15, 0.2) is 29.3 Å². The van der Waals surface area contributed by atoms with Gasteiger partial charge in [-0.1, -0.05) is 80.7 Å². The molecule has 1 rings (SSSR count). The number of aliphatic imine (C=N–C) groups is 1. The number of benzene rings is 1. The van der Waals surface area contributed by atoms with Crippen LogP contribution in [-0.2, 0) is 14.3 Å². The number of rotatable bonds is 12. The van der Waals surface area contributed by atoms with Gasteiger partial charge in [0.15, 0.2) is 6.40 Å². The highest BCUT2D eigenvalue weighted by Gasteiger charge is 2.27. The van der Waals surface area contributed by atoms with Gasteiger partial charge in [-0.2, -0.15) is 0 Å². The van der Waals surface area contributed by atoms with E-state index in [2.05, 4.69) is 34.5 Å². The zero-order valence-corrected chi connectivity index (χ0v) is 20.0. The van der Waals surface area contributed by atoms with Crippen molar-refractivity contribution in [2.24, 2.45) is 4.99 Å². The number of Topliss-reactive ketones (excluding diaryl/α,β-unsaturated/α-hetero) is 2. The van der Waals surface area contributed by atoms with E-state index in [4.69, 9.17) is 4.74 Å². The van der Waals surface area contributed by atoms with Crippen molar-refractivity contribution in [1.82, 2.24) is 0 Å². The molecule has 0 saturated heterocycles. The second kappa shape index (κ2) is 12.3. The van der Waals surface area contributed by atoms with Crippen molar-refractivity contribution in [1.29, 1.82) is 0 Å². The molecule has 0 N–H and O–H groups in total. The SMILES string of the molecule is CCCCCCCC(I)C(=O)C(=O)C(C)c1ccc(/N=C\OC(C)(C)C)cc1. The van der Waals surface area contributed by atoms with E-state index in [0.29, 0.717) is 0 Å². The van der Waals surface area contributed by atoms with Gasteiger partial charge in [0.25, 0.3) is 0 Å². The lowest BCUT2D eigenvalue weighted by molar-refractivity contribution is -0.136. The average Bonchev–Trinajstić information content (AvgIpc) is 2.65. The molecule has 156 valence electrons. The minimum atomic E-state index is -0.436. The fourth-order valence-electron chi connectivity index (χ4n) is 2.67. The van der Waals surface area contributed by atoms with Gasteiger partial charge in [0, 0.05) is 5.92 Å². The van der Waals surface area contributed by atoms with Gasteiger partial charge in [-0.15, -0.1) is 0 Å². The van der Waals surface area contributed by atoms with Crippen LogP contribution in [0.2, 0.25) is 0 Å². The fourth-order valence-corrected chi connectivity index (χ4v) is 3.42. The number of unbranched alkanes of at least 4 members (excludes halogenated alkanes) is 4. The van der Waals surface area contributed by atoms with Crippen LogP contribution in [0.3, 0.4) is 0 Å². The Kier molecular flexibility index (Phi) is 10.9. The summed E-state index contributed by atoms with van der Waals surface area (Å²) in [5.41, 5.74) is 1.30. The molecule has 1 aromatic rings. The first-order valence-corrected chi connectivity index (χ1v) is 11.4. The molecule has 0 aliphatic heterocycles. The number of ether oxygens (including phenoxy) is 1. The molecule has 0 spiro atoms. The number of alkyl halides is 1. The van der Waals surface area contributed by atoms with E-state index in [-0.39, 0.29) is 21.1 Å². The van der Waals surface area contributed by atoms with Crippen molar-refractivity contribution in [3.8, 4) is 0 Å². The van der Waals surface area contributed by atoms with Crippen LogP contribution < -0.4 is 0 Å². The number of nitrogens with zero attached hydrogens (tertiary/aromatic N) is 1. The Labute approximate surface area is 183 Å². The number of ketones is 2. The Balaban J connectivity index is 2.58. The third-order valence-corrected chi connectivity index (χ3v) is 5.67. The largest absolute Gasteiger partial charge is 0.478 e. The van der Waals surface area contributed by atoms with Gasteiger partial charge in [-0.05, 0) is 44.9 Å². The molecule has 2 unspecified atom stereocenters. The predicted octanol–water partition coefficient (Wildman–Crippen LogP) is 6.57. The Bertz CT molecular complexity index is 647. The normalized spacial score (nSPS) is 14.1. The highest BCUT2D eigenvalue weighted by molar-refractivity contribution is 14.1. The lowest BCUT2D eigenvalue weighted by atomic mass is 9.92. The van der Waals surface area contributed by atoms with Crippen molar-refractivity contribution in [2.75, 3.05) is 0 Å². The van der Waals surface area contributed by atoms with E-state index in [0.717, 1.165) is 30.5 Å². The fraction of sp³-hybridized carbons (Fsp3) is 0.609. The van der Waals surface area contributed by atoms with Crippen LogP contribution in [0.1, 0.15) is 84.6 Å². The molecule has 0 aliphatic rings. The van der Waals surface area contributed by atoms with Crippen LogP contribution in [0, 0.1) is 0 Å². The Morgan fingerprint density at radius 1 is 1.07 bits per heavy atom. The molecule has 4 nitrogen and oxygen atoms in total. The highest BCUT2D eigenvalue weighted by Crippen LogP contribution is 2.23. The van der Waals surface area contributed by atoms with Crippen LogP contribution in [0.5, 0.6) is 0 Å². The number of carbonyl (C=O) groups excluding carboxylic acids is 2. The molecule has 0 heterocycles. The van der Waals surface area contributed by atoms with Gasteiger partial charge in [0.1, 0.15) is 5.60 Å². The number of carbonyl (C=O) groups is 2. The summed E-state index contributed by atoms with van der Waals surface area (Å²) in [7, 11) is 0. The van der Waals surface area contributed by atoms with E-state index in [1.165, 1.54) is 25.7 Å². The molecular weight excluding hydrogens is 465 g/mol. The van der Waals surface area contributed by atoms with E-state index < -0.39 is 5.92 Å². The third-order valence-electron chi connectivity index (χ3n) is 4.48. The molecule has 0 amide bonds. The van der Waals surface area contributed by atoms with Gasteiger partial charge in [0.2, 0.25) is 11.6 Å². The first-order chi connectivity index (χ1) is 13.2. The van der Waals surface area contributed by atoms with Crippen molar-refractivity contribution in [2.45, 2.75) is 88.6 Å². The highest BCUT2D eigenvalue weighted by atomic mass is 127. The molecule has 0 fully saturated rings. The minimum absolute atomic E-state index is 0.229. The van der Waals surface area contributed by atoms with Crippen LogP contribution in [0.4, 0.5) is 5.69 Å². The summed E-state index contributed by atoms with van der Waals surface area (Å²) in [5.74, 6) is -1.00. The number of hydrogen-bond acceptors (Lipinski definition) is 4. The lowest BCUT2D eigenvalue weighted by Gasteiger charge is -2.16. The molecule has 0 aliphatic carbocycles. The summed E-state index contributed by atoms with van der Waals surface area (Å²) < 4.78 is 5.24. The Morgan fingerprint density at radius 2 is 1.68 bits per heavy atom. The van der Waals surface area contributed by atoms with E-state index in [9.17, 15) is 9.59 Å². The van der Waals surface area contributed by atoms with E-state index >= 15 is 0 Å². The zero-order valence-electron chi connectivity index (χ0n) is 17.8. The summed E-state index contributed by atoms with van der Waals surface area (Å²) in [6, 6.07) is 7.38. The molecule has 1 aromatic carbocycles. The third kappa shape index (κ3) is 9.30. The summed E-state index contributed by atoms with van der Waals surface area (Å²) in [5, 5.41) is 0. The first-order valence-electron chi connectivity index (χ1n) is 10.2. The molecule has 5 heteroatoms. The number of halogens is 1. The van der Waals surface area contributed by atoms with Crippen molar-refractivity contribution in [3.63, 3.8) is 0 Å². The molecule has 0 saturated carbocycles. The van der Waals surface area contributed by atoms with Crippen LogP contribution in [-0.4, -0.2) is 27.5 Å². The lowest BCUT2D eigenvalue weighted by Crippen LogP contribution is -2.27. The predicted molar refractivity (Wildman–Crippen MR) is 125 cm³/mol. The van der Waals surface area contributed by atoms with Gasteiger partial charge in [-0.25, -0.2) is 4.99 Å². The van der Waals surface area contributed by atoms with Gasteiger partial charge < -0.3 is 4.74 Å². The standard InChI is InChI=1S/C23H34INO3/c1-6-7-8-9-10-11-20(24)22(27)21(26)17(2)18-12-14-19(15-13-18)25-16-28-23(3,4)5/h12-17,20H,6-11H2,1-5H3/b25-16-. The maximum absolute atomic E-state index is 12.6. The Hall–Kier alpha value is -1.24. The van der Waals surface area contributed by atoms with Gasteiger partial charge in [0.05, 0.1) is 9.61 Å². The molecule has 0 radical (unpaired) electrons. The summed E-state index contributed by atoms with van der Waals surface area (Å²) in [6.45, 7) is 9.85. The monoisotopic (exact) mass is 499 g/mol.